The number of piperazine rings is 1. The number of anilines is 1. The molecule has 48 heavy (non-hydrogen) atoms. The van der Waals surface area contributed by atoms with E-state index in [0.717, 1.165) is 12.1 Å². The first-order valence-corrected chi connectivity index (χ1v) is 15.2. The second kappa shape index (κ2) is 12.9. The number of fused-ring (bicyclic) bond motifs is 1. The number of likely N-dealkylation sites (N-methyl/N-ethyl adjacent to an activating group) is 1. The number of nitrogens with zero attached hydrogens (tertiary/aromatic N) is 5. The number of benzene rings is 3. The van der Waals surface area contributed by atoms with Gasteiger partial charge in [0.1, 0.15) is 23.7 Å². The third-order valence-electron chi connectivity index (χ3n) is 8.47. The number of aromatic nitrogens is 2. The fourth-order valence-electron chi connectivity index (χ4n) is 6.20. The summed E-state index contributed by atoms with van der Waals surface area (Å²) < 4.78 is 56.2. The molecule has 0 radical (unpaired) electrons. The van der Waals surface area contributed by atoms with Crippen molar-refractivity contribution < 1.29 is 31.9 Å². The molecule has 0 bridgehead atoms. The Labute approximate surface area is 272 Å². The molecule has 1 saturated heterocycles. The molecule has 14 heteroatoms. The summed E-state index contributed by atoms with van der Waals surface area (Å²) in [4.78, 5) is 45.1. The predicted octanol–water partition coefficient (Wildman–Crippen LogP) is 4.26. The van der Waals surface area contributed by atoms with E-state index in [1.165, 1.54) is 44.8 Å². The van der Waals surface area contributed by atoms with E-state index in [-0.39, 0.29) is 42.3 Å². The van der Waals surface area contributed by atoms with Crippen LogP contribution in [0, 0.1) is 17.1 Å². The molecule has 3 atom stereocenters. The maximum atomic E-state index is 14.4. The van der Waals surface area contributed by atoms with Crippen molar-refractivity contribution >= 4 is 23.5 Å². The number of alkyl halides is 3. The fraction of sp³-hybridized carbons (Fsp3) is 0.265. The van der Waals surface area contributed by atoms with Crippen molar-refractivity contribution in [3.8, 4) is 11.8 Å². The minimum Gasteiger partial charge on any atom is -0.339 e. The Balaban J connectivity index is 1.57. The second-order valence-corrected chi connectivity index (χ2v) is 11.3. The van der Waals surface area contributed by atoms with Crippen molar-refractivity contribution in [1.82, 2.24) is 25.3 Å². The molecule has 1 fully saturated rings. The number of nitrogens with one attached hydrogen (secondary N) is 2. The van der Waals surface area contributed by atoms with E-state index >= 15 is 0 Å². The minimum atomic E-state index is -4.71. The molecule has 3 amide bonds. The van der Waals surface area contributed by atoms with Crippen LogP contribution in [0.15, 0.2) is 78.9 Å². The van der Waals surface area contributed by atoms with Crippen LogP contribution in [0.2, 0.25) is 0 Å². The molecule has 1 aromatic heterocycles. The van der Waals surface area contributed by atoms with Crippen molar-refractivity contribution in [2.24, 2.45) is 0 Å². The zero-order valence-electron chi connectivity index (χ0n) is 25.5. The molecule has 3 aromatic carbocycles. The highest BCUT2D eigenvalue weighted by atomic mass is 19.4. The van der Waals surface area contributed by atoms with Crippen molar-refractivity contribution in [2.75, 3.05) is 31.1 Å². The zero-order chi connectivity index (χ0) is 34.2. The van der Waals surface area contributed by atoms with Crippen molar-refractivity contribution in [2.45, 2.75) is 31.1 Å². The highest BCUT2D eigenvalue weighted by Crippen LogP contribution is 2.44. The van der Waals surface area contributed by atoms with Gasteiger partial charge >= 0.3 is 6.18 Å². The van der Waals surface area contributed by atoms with Crippen LogP contribution in [-0.4, -0.2) is 70.7 Å². The number of amides is 3. The number of carbonyl (C=O) groups is 3. The van der Waals surface area contributed by atoms with E-state index in [1.54, 1.807) is 37.3 Å². The lowest BCUT2D eigenvalue weighted by Crippen LogP contribution is -2.56. The summed E-state index contributed by atoms with van der Waals surface area (Å²) in [5, 5.41) is 20.3. The van der Waals surface area contributed by atoms with Gasteiger partial charge in [0.2, 0.25) is 0 Å². The van der Waals surface area contributed by atoms with Crippen LogP contribution in [-0.2, 0) is 11.0 Å². The number of hydrogen-bond acceptors (Lipinski definition) is 6. The molecule has 3 heterocycles. The number of rotatable bonds is 6. The van der Waals surface area contributed by atoms with Gasteiger partial charge in [0.15, 0.2) is 5.69 Å². The zero-order valence-corrected chi connectivity index (χ0v) is 25.5. The average molecular weight is 660 g/mol. The van der Waals surface area contributed by atoms with E-state index in [0.29, 0.717) is 23.9 Å². The first kappa shape index (κ1) is 32.4. The predicted molar refractivity (Wildman–Crippen MR) is 166 cm³/mol. The lowest BCUT2D eigenvalue weighted by Gasteiger charge is -2.39. The summed E-state index contributed by atoms with van der Waals surface area (Å²) in [5.41, 5.74) is -0.373. The Morgan fingerprint density at radius 1 is 1.06 bits per heavy atom. The normalized spacial score (nSPS) is 19.4. The number of para-hydroxylation sites is 1. The molecule has 4 aromatic rings. The summed E-state index contributed by atoms with van der Waals surface area (Å²) in [6, 6.07) is 17.6. The van der Waals surface area contributed by atoms with E-state index in [4.69, 9.17) is 5.10 Å². The van der Waals surface area contributed by atoms with Gasteiger partial charge in [-0.15, -0.1) is 0 Å². The van der Waals surface area contributed by atoms with Crippen LogP contribution in [0.5, 0.6) is 0 Å². The highest BCUT2D eigenvalue weighted by Gasteiger charge is 2.48. The number of carbonyl (C=O) groups excluding carboxylic acids is 3. The van der Waals surface area contributed by atoms with Crippen LogP contribution < -0.4 is 15.5 Å². The van der Waals surface area contributed by atoms with Gasteiger partial charge in [0.25, 0.3) is 17.7 Å². The molecular formula is C34H29F4N7O3. The molecule has 0 spiro atoms. The Morgan fingerprint density at radius 2 is 1.79 bits per heavy atom. The smallest absolute Gasteiger partial charge is 0.339 e. The lowest BCUT2D eigenvalue weighted by atomic mass is 9.80. The van der Waals surface area contributed by atoms with E-state index in [2.05, 4.69) is 16.7 Å². The van der Waals surface area contributed by atoms with Crippen LogP contribution in [0.25, 0.3) is 5.69 Å². The molecule has 2 aliphatic rings. The highest BCUT2D eigenvalue weighted by molar-refractivity contribution is 6.07. The van der Waals surface area contributed by atoms with E-state index < -0.39 is 53.3 Å². The quantitative estimate of drug-likeness (QED) is 0.298. The fourth-order valence-corrected chi connectivity index (χ4v) is 6.20. The molecule has 2 N–H and O–H groups in total. The maximum Gasteiger partial charge on any atom is 0.416 e. The van der Waals surface area contributed by atoms with Crippen molar-refractivity contribution in [3.63, 3.8) is 0 Å². The topological polar surface area (TPSA) is 123 Å². The first-order valence-electron chi connectivity index (χ1n) is 15.2. The largest absolute Gasteiger partial charge is 0.416 e. The lowest BCUT2D eigenvalue weighted by molar-refractivity contribution is -0.137. The summed E-state index contributed by atoms with van der Waals surface area (Å²) in [6.07, 6.45) is -4.71. The molecule has 0 aliphatic carbocycles. The van der Waals surface area contributed by atoms with Gasteiger partial charge in [-0.05, 0) is 55.0 Å². The van der Waals surface area contributed by atoms with E-state index in [9.17, 15) is 37.2 Å². The number of nitriles is 1. The van der Waals surface area contributed by atoms with Gasteiger partial charge in [0, 0.05) is 43.2 Å². The van der Waals surface area contributed by atoms with Gasteiger partial charge in [-0.1, -0.05) is 36.4 Å². The van der Waals surface area contributed by atoms with Crippen LogP contribution in [0.4, 0.5) is 23.4 Å². The van der Waals surface area contributed by atoms with Crippen LogP contribution in [0.3, 0.4) is 0 Å². The average Bonchev–Trinajstić information content (AvgIpc) is 3.48. The third-order valence-corrected chi connectivity index (χ3v) is 8.47. The van der Waals surface area contributed by atoms with Crippen molar-refractivity contribution in [1.29, 1.82) is 5.26 Å². The van der Waals surface area contributed by atoms with Gasteiger partial charge in [0.05, 0.1) is 17.3 Å². The standard InChI is InChI=1S/C34H29F4N7O3/c1-2-43-31-27(29(42-45(31)24-9-4-3-5-10-24)33(48)44-16-15-40-19-25(44)18-39)26(20-11-13-23(35)14-12-20)28(32(43)47)41-30(46)21-7-6-8-22(17-21)34(36,37)38/h3-14,17,25-26,28,40H,2,15-16,19H2,1H3,(H,41,46)/t25-,26-,28-/m1/s1. The Hall–Kier alpha value is -5.55. The second-order valence-electron chi connectivity index (χ2n) is 11.3. The Morgan fingerprint density at radius 3 is 2.46 bits per heavy atom. The summed E-state index contributed by atoms with van der Waals surface area (Å²) in [7, 11) is 0. The number of hydrogen-bond donors (Lipinski definition) is 2. The molecule has 0 unspecified atom stereocenters. The summed E-state index contributed by atoms with van der Waals surface area (Å²) in [6.45, 7) is 2.59. The minimum absolute atomic E-state index is 0.0680. The molecule has 2 aliphatic heterocycles. The maximum absolute atomic E-state index is 14.4. The van der Waals surface area contributed by atoms with Crippen LogP contribution >= 0.6 is 0 Å². The van der Waals surface area contributed by atoms with Crippen LogP contribution in [0.1, 0.15) is 50.4 Å². The van der Waals surface area contributed by atoms with Gasteiger partial charge < -0.3 is 15.5 Å². The van der Waals surface area contributed by atoms with Gasteiger partial charge in [-0.3, -0.25) is 19.3 Å². The Bertz CT molecular complexity index is 1900. The molecular weight excluding hydrogens is 630 g/mol. The first-order chi connectivity index (χ1) is 23.0. The molecule has 10 nitrogen and oxygen atoms in total. The third kappa shape index (κ3) is 5.88. The van der Waals surface area contributed by atoms with Gasteiger partial charge in [-0.2, -0.15) is 23.5 Å². The summed E-state index contributed by atoms with van der Waals surface area (Å²) in [5.74, 6) is -3.64. The molecule has 0 saturated carbocycles. The molecule has 246 valence electrons. The monoisotopic (exact) mass is 659 g/mol. The van der Waals surface area contributed by atoms with Crippen molar-refractivity contribution in [3.05, 3.63) is 113 Å². The SMILES string of the molecule is CCN1C(=O)[C@H](NC(=O)c2cccc(C(F)(F)F)c2)[C@H](c2ccc(F)cc2)c2c(C(=O)N3CCNC[C@H]3C#N)nn(-c3ccccc3)c21. The summed E-state index contributed by atoms with van der Waals surface area (Å²) >= 11 is 0. The molecule has 6 rings (SSSR count). The van der Waals surface area contributed by atoms with E-state index in [1.807, 2.05) is 0 Å². The van der Waals surface area contributed by atoms with Gasteiger partial charge in [-0.25, -0.2) is 9.07 Å². The Kier molecular flexibility index (Phi) is 8.72. The number of halogens is 4.